The number of pyridine rings is 2. The van der Waals surface area contributed by atoms with Crippen molar-refractivity contribution in [2.24, 2.45) is 0 Å². The summed E-state index contributed by atoms with van der Waals surface area (Å²) in [4.78, 5) is 14.7. The summed E-state index contributed by atoms with van der Waals surface area (Å²) in [5.74, 6) is 0.601. The topological polar surface area (TPSA) is 77.6 Å². The molecule has 238 valence electrons. The van der Waals surface area contributed by atoms with Crippen LogP contribution in [0.5, 0.6) is 0 Å². The van der Waals surface area contributed by atoms with Gasteiger partial charge in [-0.3, -0.25) is 9.97 Å². The Kier molecular flexibility index (Phi) is 6.70. The average molecular weight is 654 g/mol. The van der Waals surface area contributed by atoms with Crippen molar-refractivity contribution in [3.63, 3.8) is 0 Å². The number of hydrogen-bond acceptors (Lipinski definition) is 6. The first-order chi connectivity index (χ1) is 25.2. The molecular weight excluding hydrogens is 627 g/mol. The minimum Gasteiger partial charge on any atom is -0.436 e. The summed E-state index contributed by atoms with van der Waals surface area (Å²) in [6.07, 6.45) is 5.61. The number of aromatic nitrogens is 5. The Labute approximate surface area is 292 Å². The summed E-state index contributed by atoms with van der Waals surface area (Å²) in [7, 11) is 0. The molecule has 4 heterocycles. The number of rotatable bonds is 5. The maximum atomic E-state index is 6.31. The van der Waals surface area contributed by atoms with Crippen LogP contribution in [0.25, 0.3) is 99.8 Å². The van der Waals surface area contributed by atoms with E-state index in [0.717, 1.165) is 93.9 Å². The second-order valence-electron chi connectivity index (χ2n) is 12.7. The molecule has 0 aliphatic heterocycles. The summed E-state index contributed by atoms with van der Waals surface area (Å²) in [5.41, 5.74) is 13.6. The van der Waals surface area contributed by atoms with E-state index in [0.29, 0.717) is 5.89 Å². The van der Waals surface area contributed by atoms with Crippen LogP contribution < -0.4 is 0 Å². The normalized spacial score (nSPS) is 11.5. The van der Waals surface area contributed by atoms with E-state index in [1.54, 1.807) is 6.20 Å². The van der Waals surface area contributed by atoms with Gasteiger partial charge >= 0.3 is 0 Å². The van der Waals surface area contributed by atoms with Crippen molar-refractivity contribution in [2.45, 2.75) is 0 Å². The largest absolute Gasteiger partial charge is 0.436 e. The highest BCUT2D eigenvalue weighted by Crippen LogP contribution is 2.39. The minimum atomic E-state index is 0.601. The zero-order valence-corrected chi connectivity index (χ0v) is 27.2. The Balaban J connectivity index is 1.11. The Morgan fingerprint density at radius 3 is 1.88 bits per heavy atom. The summed E-state index contributed by atoms with van der Waals surface area (Å²) in [6, 6.07) is 50.1. The molecule has 6 nitrogen and oxygen atoms in total. The van der Waals surface area contributed by atoms with Crippen LogP contribution in [0.4, 0.5) is 0 Å². The Hall–Kier alpha value is -7.05. The average Bonchev–Trinajstić information content (AvgIpc) is 3.64. The molecule has 51 heavy (non-hydrogen) atoms. The fraction of sp³-hybridized carbons (Fsp3) is 0. The van der Waals surface area contributed by atoms with Gasteiger partial charge in [-0.25, -0.2) is 4.98 Å². The van der Waals surface area contributed by atoms with Crippen molar-refractivity contribution in [3.8, 4) is 56.0 Å². The van der Waals surface area contributed by atoms with Crippen LogP contribution >= 0.6 is 0 Å². The summed E-state index contributed by atoms with van der Waals surface area (Å²) < 4.78 is 6.31. The second-order valence-corrected chi connectivity index (χ2v) is 12.7. The molecular formula is C45H27N5O. The maximum Gasteiger partial charge on any atom is 0.227 e. The standard InChI is InChI=1S/C45H27N5O/c1-3-7-28(8-4-1)36-21-34-13-14-35-22-37(27-47-44(35)43(34)46-26-36)38-17-15-31(32-12-11-29-19-20-48-50-41(29)24-32)23-39(38)33-16-18-40-42(25-33)51-45(49-40)30-9-5-2-6-10-30/h1-27H. The Bertz CT molecular complexity index is 2920. The quantitative estimate of drug-likeness (QED) is 0.172. The number of oxazole rings is 1. The van der Waals surface area contributed by atoms with E-state index in [2.05, 4.69) is 95.1 Å². The lowest BCUT2D eigenvalue weighted by Crippen LogP contribution is -1.91. The van der Waals surface area contributed by atoms with Crippen molar-refractivity contribution in [3.05, 3.63) is 164 Å². The lowest BCUT2D eigenvalue weighted by atomic mass is 9.91. The number of fused-ring (bicyclic) bond motifs is 5. The predicted octanol–water partition coefficient (Wildman–Crippen LogP) is 11.2. The van der Waals surface area contributed by atoms with Gasteiger partial charge in [0.1, 0.15) is 5.52 Å². The van der Waals surface area contributed by atoms with Crippen LogP contribution in [0.3, 0.4) is 0 Å². The molecule has 0 unspecified atom stereocenters. The summed E-state index contributed by atoms with van der Waals surface area (Å²) >= 11 is 0. The highest BCUT2D eigenvalue weighted by molar-refractivity contribution is 6.05. The SMILES string of the molecule is c1ccc(-c2cnc3c(ccc4cc(-c5ccc(-c6ccc7ccnnc7c6)cc5-c5ccc6nc(-c7ccccc7)oc6c5)cnc43)c2)cc1. The van der Waals surface area contributed by atoms with E-state index in [9.17, 15) is 0 Å². The van der Waals surface area contributed by atoms with Gasteiger partial charge in [0.15, 0.2) is 5.58 Å². The first kappa shape index (κ1) is 28.9. The molecule has 0 bridgehead atoms. The molecule has 6 aromatic carbocycles. The lowest BCUT2D eigenvalue weighted by Gasteiger charge is -2.14. The molecule has 0 spiro atoms. The van der Waals surface area contributed by atoms with Crippen LogP contribution in [0, 0.1) is 0 Å². The smallest absolute Gasteiger partial charge is 0.227 e. The zero-order chi connectivity index (χ0) is 33.7. The van der Waals surface area contributed by atoms with Gasteiger partial charge in [-0.2, -0.15) is 10.2 Å². The molecule has 0 fully saturated rings. The van der Waals surface area contributed by atoms with Crippen molar-refractivity contribution in [2.75, 3.05) is 0 Å². The molecule has 0 saturated carbocycles. The van der Waals surface area contributed by atoms with Crippen LogP contribution in [0.15, 0.2) is 169 Å². The monoisotopic (exact) mass is 653 g/mol. The van der Waals surface area contributed by atoms with Gasteiger partial charge in [0.2, 0.25) is 5.89 Å². The number of hydrogen-bond donors (Lipinski definition) is 0. The molecule has 0 N–H and O–H groups in total. The molecule has 0 aliphatic carbocycles. The van der Waals surface area contributed by atoms with Gasteiger partial charge in [0.05, 0.1) is 22.7 Å². The fourth-order valence-electron chi connectivity index (χ4n) is 6.90. The number of benzene rings is 6. The maximum absolute atomic E-state index is 6.31. The molecule has 0 saturated heterocycles. The predicted molar refractivity (Wildman–Crippen MR) is 205 cm³/mol. The van der Waals surface area contributed by atoms with E-state index >= 15 is 0 Å². The van der Waals surface area contributed by atoms with E-state index in [4.69, 9.17) is 19.4 Å². The molecule has 0 aliphatic rings. The highest BCUT2D eigenvalue weighted by Gasteiger charge is 2.16. The van der Waals surface area contributed by atoms with E-state index < -0.39 is 0 Å². The molecule has 0 atom stereocenters. The van der Waals surface area contributed by atoms with Gasteiger partial charge in [-0.15, -0.1) is 0 Å². The minimum absolute atomic E-state index is 0.601. The van der Waals surface area contributed by atoms with E-state index in [1.807, 2.05) is 73.1 Å². The van der Waals surface area contributed by atoms with Crippen LogP contribution in [-0.2, 0) is 0 Å². The van der Waals surface area contributed by atoms with Gasteiger partial charge in [0, 0.05) is 45.2 Å². The van der Waals surface area contributed by atoms with Crippen LogP contribution in [0.1, 0.15) is 0 Å². The van der Waals surface area contributed by atoms with Crippen molar-refractivity contribution < 1.29 is 4.42 Å². The highest BCUT2D eigenvalue weighted by atomic mass is 16.3. The van der Waals surface area contributed by atoms with Crippen molar-refractivity contribution in [1.82, 2.24) is 25.1 Å². The second kappa shape index (κ2) is 11.8. The molecule has 0 amide bonds. The number of nitrogens with zero attached hydrogens (tertiary/aromatic N) is 5. The zero-order valence-electron chi connectivity index (χ0n) is 27.2. The Morgan fingerprint density at radius 2 is 1.08 bits per heavy atom. The third kappa shape index (κ3) is 5.18. The molecule has 10 aromatic rings. The van der Waals surface area contributed by atoms with Crippen molar-refractivity contribution >= 4 is 43.8 Å². The third-order valence-electron chi connectivity index (χ3n) is 9.51. The van der Waals surface area contributed by atoms with Crippen LogP contribution in [-0.4, -0.2) is 25.1 Å². The molecule has 10 rings (SSSR count). The first-order valence-electron chi connectivity index (χ1n) is 16.8. The lowest BCUT2D eigenvalue weighted by molar-refractivity contribution is 0.620. The fourth-order valence-corrected chi connectivity index (χ4v) is 6.90. The van der Waals surface area contributed by atoms with Gasteiger partial charge in [0.25, 0.3) is 0 Å². The Morgan fingerprint density at radius 1 is 0.412 bits per heavy atom. The van der Waals surface area contributed by atoms with E-state index in [1.165, 1.54) is 0 Å². The van der Waals surface area contributed by atoms with Gasteiger partial charge < -0.3 is 4.42 Å². The summed E-state index contributed by atoms with van der Waals surface area (Å²) in [6.45, 7) is 0. The van der Waals surface area contributed by atoms with E-state index in [-0.39, 0.29) is 0 Å². The molecule has 4 aromatic heterocycles. The van der Waals surface area contributed by atoms with Gasteiger partial charge in [-0.05, 0) is 88.0 Å². The van der Waals surface area contributed by atoms with Gasteiger partial charge in [-0.1, -0.05) is 91.0 Å². The molecule has 6 heteroatoms. The molecule has 0 radical (unpaired) electrons. The van der Waals surface area contributed by atoms with Crippen molar-refractivity contribution in [1.29, 1.82) is 0 Å². The van der Waals surface area contributed by atoms with Crippen LogP contribution in [0.2, 0.25) is 0 Å². The summed E-state index contributed by atoms with van der Waals surface area (Å²) in [5, 5.41) is 11.6. The third-order valence-corrected chi connectivity index (χ3v) is 9.51. The first-order valence-corrected chi connectivity index (χ1v) is 16.8.